The van der Waals surface area contributed by atoms with E-state index in [-0.39, 0.29) is 24.4 Å². The fourth-order valence-electron chi connectivity index (χ4n) is 4.07. The molecule has 31 heavy (non-hydrogen) atoms. The van der Waals surface area contributed by atoms with Gasteiger partial charge in [0.05, 0.1) is 20.2 Å². The number of amides is 2. The molecule has 2 amide bonds. The van der Waals surface area contributed by atoms with Crippen molar-refractivity contribution in [2.75, 3.05) is 40.8 Å². The zero-order valence-corrected chi connectivity index (χ0v) is 18.9. The highest BCUT2D eigenvalue weighted by atomic mass is 16.5. The zero-order valence-electron chi connectivity index (χ0n) is 18.9. The summed E-state index contributed by atoms with van der Waals surface area (Å²) < 4.78 is 5.20. The van der Waals surface area contributed by atoms with Crippen LogP contribution in [0.25, 0.3) is 0 Å². The van der Waals surface area contributed by atoms with Crippen molar-refractivity contribution in [1.82, 2.24) is 20.4 Å². The van der Waals surface area contributed by atoms with Crippen LogP contribution < -0.4 is 15.4 Å². The highest BCUT2D eigenvalue weighted by molar-refractivity contribution is 5.86. The molecule has 1 aliphatic carbocycles. The van der Waals surface area contributed by atoms with E-state index >= 15 is 0 Å². The van der Waals surface area contributed by atoms with Gasteiger partial charge in [-0.25, -0.2) is 4.99 Å². The molecule has 1 aromatic carbocycles. The summed E-state index contributed by atoms with van der Waals surface area (Å²) in [6, 6.07) is 7.89. The van der Waals surface area contributed by atoms with E-state index in [1.807, 2.05) is 29.2 Å². The molecule has 0 aromatic heterocycles. The summed E-state index contributed by atoms with van der Waals surface area (Å²) in [7, 11) is 5.10. The number of carbonyl (C=O) groups is 2. The maximum absolute atomic E-state index is 12.7. The molecule has 1 saturated heterocycles. The lowest BCUT2D eigenvalue weighted by atomic mass is 10.1. The molecule has 170 valence electrons. The SMILES string of the molecule is COc1ccc(CN=C(NCC(=O)N(C)C)NC2CCN(C(=O)C3CCCC3)C2)cc1. The maximum atomic E-state index is 12.7. The molecule has 2 N–H and O–H groups in total. The Kier molecular flexibility index (Phi) is 8.14. The molecular weight excluding hydrogens is 394 g/mol. The monoisotopic (exact) mass is 429 g/mol. The summed E-state index contributed by atoms with van der Waals surface area (Å²) in [5, 5.41) is 6.57. The Labute approximate surface area is 185 Å². The number of rotatable bonds is 7. The van der Waals surface area contributed by atoms with E-state index in [0.717, 1.165) is 50.0 Å². The molecule has 3 rings (SSSR count). The molecule has 1 aromatic rings. The van der Waals surface area contributed by atoms with Crippen LogP contribution in [0.5, 0.6) is 5.75 Å². The van der Waals surface area contributed by atoms with Crippen LogP contribution in [-0.4, -0.2) is 74.5 Å². The predicted molar refractivity (Wildman–Crippen MR) is 121 cm³/mol. The molecule has 0 spiro atoms. The Morgan fingerprint density at radius 3 is 2.52 bits per heavy atom. The third-order valence-electron chi connectivity index (χ3n) is 6.03. The maximum Gasteiger partial charge on any atom is 0.241 e. The number of ether oxygens (including phenoxy) is 1. The van der Waals surface area contributed by atoms with Gasteiger partial charge in [-0.3, -0.25) is 9.59 Å². The minimum Gasteiger partial charge on any atom is -0.497 e. The fraction of sp³-hybridized carbons (Fsp3) is 0.609. The van der Waals surface area contributed by atoms with Crippen molar-refractivity contribution in [2.24, 2.45) is 10.9 Å². The molecule has 8 heteroatoms. The number of nitrogens with zero attached hydrogens (tertiary/aromatic N) is 3. The van der Waals surface area contributed by atoms with Crippen molar-refractivity contribution in [2.45, 2.75) is 44.7 Å². The summed E-state index contributed by atoms with van der Waals surface area (Å²) in [4.78, 5) is 33.0. The Morgan fingerprint density at radius 2 is 1.87 bits per heavy atom. The van der Waals surface area contributed by atoms with E-state index < -0.39 is 0 Å². The number of methoxy groups -OCH3 is 1. The predicted octanol–water partition coefficient (Wildman–Crippen LogP) is 1.61. The second-order valence-electron chi connectivity index (χ2n) is 8.55. The molecule has 2 aliphatic rings. The van der Waals surface area contributed by atoms with E-state index in [9.17, 15) is 9.59 Å². The fourth-order valence-corrected chi connectivity index (χ4v) is 4.07. The summed E-state index contributed by atoms with van der Waals surface area (Å²) in [6.45, 7) is 2.10. The number of likely N-dealkylation sites (N-methyl/N-ethyl adjacent to an activating group) is 1. The van der Waals surface area contributed by atoms with Crippen LogP contribution >= 0.6 is 0 Å². The molecule has 1 unspecified atom stereocenters. The van der Waals surface area contributed by atoms with Crippen LogP contribution in [0.15, 0.2) is 29.3 Å². The van der Waals surface area contributed by atoms with Crippen LogP contribution in [-0.2, 0) is 16.1 Å². The number of carbonyl (C=O) groups excluding carboxylic acids is 2. The Morgan fingerprint density at radius 1 is 1.16 bits per heavy atom. The molecule has 1 atom stereocenters. The van der Waals surface area contributed by atoms with Gasteiger partial charge in [0.1, 0.15) is 5.75 Å². The van der Waals surface area contributed by atoms with E-state index in [1.165, 1.54) is 0 Å². The van der Waals surface area contributed by atoms with Crippen molar-refractivity contribution in [3.05, 3.63) is 29.8 Å². The smallest absolute Gasteiger partial charge is 0.241 e. The van der Waals surface area contributed by atoms with Gasteiger partial charge in [-0.15, -0.1) is 0 Å². The average molecular weight is 430 g/mol. The Balaban J connectivity index is 1.60. The summed E-state index contributed by atoms with van der Waals surface area (Å²) in [6.07, 6.45) is 5.26. The lowest BCUT2D eigenvalue weighted by Crippen LogP contribution is -2.48. The van der Waals surface area contributed by atoms with Crippen molar-refractivity contribution < 1.29 is 14.3 Å². The van der Waals surface area contributed by atoms with Crippen LogP contribution in [0.2, 0.25) is 0 Å². The topological polar surface area (TPSA) is 86.3 Å². The second-order valence-corrected chi connectivity index (χ2v) is 8.55. The van der Waals surface area contributed by atoms with E-state index in [4.69, 9.17) is 4.74 Å². The van der Waals surface area contributed by atoms with E-state index in [0.29, 0.717) is 25.0 Å². The molecule has 2 fully saturated rings. The molecule has 1 saturated carbocycles. The standard InChI is InChI=1S/C23H35N5O3/c1-27(2)21(29)15-25-23(24-14-17-8-10-20(31-3)11-9-17)26-19-12-13-28(16-19)22(30)18-6-4-5-7-18/h8-11,18-19H,4-7,12-16H2,1-3H3,(H2,24,25,26). The van der Waals surface area contributed by atoms with Gasteiger partial charge < -0.3 is 25.2 Å². The molecule has 8 nitrogen and oxygen atoms in total. The van der Waals surface area contributed by atoms with Gasteiger partial charge in [0.15, 0.2) is 5.96 Å². The molecule has 0 bridgehead atoms. The lowest BCUT2D eigenvalue weighted by molar-refractivity contribution is -0.134. The normalized spacial score (nSPS) is 19.4. The van der Waals surface area contributed by atoms with Crippen molar-refractivity contribution in [1.29, 1.82) is 0 Å². The first-order valence-electron chi connectivity index (χ1n) is 11.1. The third-order valence-corrected chi connectivity index (χ3v) is 6.03. The van der Waals surface area contributed by atoms with Crippen LogP contribution in [0.1, 0.15) is 37.7 Å². The van der Waals surface area contributed by atoms with Crippen LogP contribution in [0, 0.1) is 5.92 Å². The quantitative estimate of drug-likeness (QED) is 0.508. The van der Waals surface area contributed by atoms with Gasteiger partial charge in [-0.2, -0.15) is 0 Å². The number of aliphatic imine (C=N–C) groups is 1. The first kappa shape index (κ1) is 22.9. The molecule has 0 radical (unpaired) electrons. The Hall–Kier alpha value is -2.77. The van der Waals surface area contributed by atoms with Crippen molar-refractivity contribution in [3.63, 3.8) is 0 Å². The largest absolute Gasteiger partial charge is 0.497 e. The number of hydrogen-bond donors (Lipinski definition) is 2. The van der Waals surface area contributed by atoms with Gasteiger partial charge in [0.25, 0.3) is 0 Å². The molecule has 1 aliphatic heterocycles. The summed E-state index contributed by atoms with van der Waals surface area (Å²) >= 11 is 0. The number of benzene rings is 1. The minimum atomic E-state index is -0.0246. The van der Waals surface area contributed by atoms with E-state index in [2.05, 4.69) is 15.6 Å². The first-order chi connectivity index (χ1) is 15.0. The number of likely N-dealkylation sites (tertiary alicyclic amines) is 1. The van der Waals surface area contributed by atoms with Gasteiger partial charge in [0.2, 0.25) is 11.8 Å². The average Bonchev–Trinajstić information content (AvgIpc) is 3.47. The highest BCUT2D eigenvalue weighted by Crippen LogP contribution is 2.27. The number of guanidine groups is 1. The van der Waals surface area contributed by atoms with Crippen LogP contribution in [0.3, 0.4) is 0 Å². The summed E-state index contributed by atoms with van der Waals surface area (Å²) in [5.41, 5.74) is 1.05. The number of nitrogens with one attached hydrogen (secondary N) is 2. The van der Waals surface area contributed by atoms with Gasteiger partial charge in [-0.05, 0) is 37.0 Å². The zero-order chi connectivity index (χ0) is 22.2. The second kappa shape index (κ2) is 11.0. The molecule has 1 heterocycles. The minimum absolute atomic E-state index is 0.0246. The molecular formula is C23H35N5O3. The van der Waals surface area contributed by atoms with Gasteiger partial charge in [0, 0.05) is 39.1 Å². The third kappa shape index (κ3) is 6.60. The lowest BCUT2D eigenvalue weighted by Gasteiger charge is -2.22. The van der Waals surface area contributed by atoms with Gasteiger partial charge >= 0.3 is 0 Å². The Bertz CT molecular complexity index is 772. The first-order valence-corrected chi connectivity index (χ1v) is 11.1. The van der Waals surface area contributed by atoms with Crippen molar-refractivity contribution in [3.8, 4) is 5.75 Å². The highest BCUT2D eigenvalue weighted by Gasteiger charge is 2.32. The van der Waals surface area contributed by atoms with Crippen molar-refractivity contribution >= 4 is 17.8 Å². The summed E-state index contributed by atoms with van der Waals surface area (Å²) in [5.74, 6) is 1.88. The number of hydrogen-bond acceptors (Lipinski definition) is 4. The van der Waals surface area contributed by atoms with Gasteiger partial charge in [-0.1, -0.05) is 25.0 Å². The van der Waals surface area contributed by atoms with E-state index in [1.54, 1.807) is 26.1 Å². The van der Waals surface area contributed by atoms with Crippen LogP contribution in [0.4, 0.5) is 0 Å².